The minimum absolute atomic E-state index is 0.210. The number of para-hydroxylation sites is 1. The Hall–Kier alpha value is -3.18. The number of ether oxygens (including phenoxy) is 1. The summed E-state index contributed by atoms with van der Waals surface area (Å²) in [5.41, 5.74) is 2.84. The van der Waals surface area contributed by atoms with E-state index < -0.39 is 0 Å². The molecule has 0 bridgehead atoms. The third kappa shape index (κ3) is 4.15. The molecule has 4 aromatic rings. The largest absolute Gasteiger partial charge is 0.457 e. The van der Waals surface area contributed by atoms with Crippen LogP contribution in [0.2, 0.25) is 0 Å². The highest BCUT2D eigenvalue weighted by molar-refractivity contribution is 5.83. The number of benzene rings is 2. The second-order valence-electron chi connectivity index (χ2n) is 6.34. The third-order valence-corrected chi connectivity index (χ3v) is 4.43. The van der Waals surface area contributed by atoms with Gasteiger partial charge in [0.25, 0.3) is 0 Å². The average Bonchev–Trinajstić information content (AvgIpc) is 3.11. The number of pyridine rings is 1. The van der Waals surface area contributed by atoms with E-state index in [4.69, 9.17) is 4.74 Å². The Labute approximate surface area is 157 Å². The summed E-state index contributed by atoms with van der Waals surface area (Å²) in [6.07, 6.45) is 6.13. The fraction of sp³-hybridized carbons (Fsp3) is 0.136. The van der Waals surface area contributed by atoms with Crippen LogP contribution in [0.5, 0.6) is 11.5 Å². The summed E-state index contributed by atoms with van der Waals surface area (Å²) in [5, 5.41) is 4.39. The zero-order valence-electron chi connectivity index (χ0n) is 14.8. The van der Waals surface area contributed by atoms with Gasteiger partial charge in [-0.2, -0.15) is 0 Å². The van der Waals surface area contributed by atoms with Crippen LogP contribution in [-0.2, 0) is 13.0 Å². The van der Waals surface area contributed by atoms with Gasteiger partial charge in [0.05, 0.1) is 5.52 Å². The van der Waals surface area contributed by atoms with E-state index in [0.29, 0.717) is 5.52 Å². The van der Waals surface area contributed by atoms with E-state index in [1.165, 1.54) is 6.07 Å². The van der Waals surface area contributed by atoms with Crippen molar-refractivity contribution in [3.05, 3.63) is 90.1 Å². The van der Waals surface area contributed by atoms with Gasteiger partial charge in [-0.05, 0) is 54.4 Å². The molecule has 0 aliphatic rings. The summed E-state index contributed by atoms with van der Waals surface area (Å²) in [7, 11) is 0. The molecule has 4 rings (SSSR count). The van der Waals surface area contributed by atoms with Crippen LogP contribution >= 0.6 is 0 Å². The smallest absolute Gasteiger partial charge is 0.147 e. The van der Waals surface area contributed by atoms with Crippen LogP contribution < -0.4 is 10.1 Å². The first-order chi connectivity index (χ1) is 13.3. The molecule has 0 fully saturated rings. The molecular weight excluding hydrogens is 341 g/mol. The maximum Gasteiger partial charge on any atom is 0.147 e. The van der Waals surface area contributed by atoms with Crippen LogP contribution in [0.4, 0.5) is 4.39 Å². The lowest BCUT2D eigenvalue weighted by molar-refractivity contribution is 0.481. The van der Waals surface area contributed by atoms with Crippen molar-refractivity contribution in [2.24, 2.45) is 0 Å². The fourth-order valence-electron chi connectivity index (χ4n) is 3.10. The molecule has 0 radical (unpaired) electrons. The van der Waals surface area contributed by atoms with E-state index >= 15 is 0 Å². The lowest BCUT2D eigenvalue weighted by Gasteiger charge is -2.08. The number of nitrogens with one attached hydrogen (secondary N) is 2. The van der Waals surface area contributed by atoms with Gasteiger partial charge in [0.2, 0.25) is 0 Å². The number of aromatic amines is 1. The molecule has 2 heterocycles. The summed E-state index contributed by atoms with van der Waals surface area (Å²) in [6.45, 7) is 1.54. The Balaban J connectivity index is 1.32. The summed E-state index contributed by atoms with van der Waals surface area (Å²) in [5.74, 6) is 1.35. The molecule has 0 amide bonds. The van der Waals surface area contributed by atoms with Crippen molar-refractivity contribution in [2.75, 3.05) is 6.54 Å². The van der Waals surface area contributed by atoms with E-state index in [-0.39, 0.29) is 5.82 Å². The fourth-order valence-corrected chi connectivity index (χ4v) is 3.10. The Kier molecular flexibility index (Phi) is 5.12. The first-order valence-corrected chi connectivity index (χ1v) is 8.91. The highest BCUT2D eigenvalue weighted by atomic mass is 19.1. The van der Waals surface area contributed by atoms with Crippen molar-refractivity contribution in [2.45, 2.75) is 13.0 Å². The van der Waals surface area contributed by atoms with Crippen molar-refractivity contribution in [3.8, 4) is 11.5 Å². The van der Waals surface area contributed by atoms with Gasteiger partial charge in [0, 0.05) is 30.5 Å². The first kappa shape index (κ1) is 17.2. The van der Waals surface area contributed by atoms with Crippen LogP contribution in [-0.4, -0.2) is 16.5 Å². The number of halogens is 1. The molecule has 5 heteroatoms. The molecule has 0 spiro atoms. The van der Waals surface area contributed by atoms with Gasteiger partial charge in [0.1, 0.15) is 17.3 Å². The number of hydrogen-bond acceptors (Lipinski definition) is 3. The van der Waals surface area contributed by atoms with Gasteiger partial charge in [0.15, 0.2) is 0 Å². The SMILES string of the molecule is Fc1cccc2c(CCNCc3cccc(Oc4ccncc4)c3)c[nH]c12. The highest BCUT2D eigenvalue weighted by Crippen LogP contribution is 2.22. The molecule has 0 unspecified atom stereocenters. The highest BCUT2D eigenvalue weighted by Gasteiger charge is 2.07. The number of hydrogen-bond donors (Lipinski definition) is 2. The van der Waals surface area contributed by atoms with Crippen molar-refractivity contribution in [1.82, 2.24) is 15.3 Å². The lowest BCUT2D eigenvalue weighted by atomic mass is 10.1. The van der Waals surface area contributed by atoms with Gasteiger partial charge in [-0.15, -0.1) is 0 Å². The van der Waals surface area contributed by atoms with Gasteiger partial charge in [-0.25, -0.2) is 4.39 Å². The lowest BCUT2D eigenvalue weighted by Crippen LogP contribution is -2.16. The average molecular weight is 361 g/mol. The second kappa shape index (κ2) is 8.01. The van der Waals surface area contributed by atoms with Crippen molar-refractivity contribution >= 4 is 10.9 Å². The maximum absolute atomic E-state index is 13.7. The molecule has 0 saturated heterocycles. The molecular formula is C22H20FN3O. The minimum atomic E-state index is -0.210. The van der Waals surface area contributed by atoms with E-state index in [2.05, 4.69) is 21.4 Å². The number of rotatable bonds is 7. The molecule has 4 nitrogen and oxygen atoms in total. The number of fused-ring (bicyclic) bond motifs is 1. The Morgan fingerprint density at radius 2 is 1.85 bits per heavy atom. The Bertz CT molecular complexity index is 1030. The normalized spacial score (nSPS) is 11.0. The summed E-state index contributed by atoms with van der Waals surface area (Å²) >= 11 is 0. The molecule has 0 atom stereocenters. The van der Waals surface area contributed by atoms with Crippen LogP contribution in [0, 0.1) is 5.82 Å². The molecule has 27 heavy (non-hydrogen) atoms. The van der Waals surface area contributed by atoms with E-state index in [1.807, 2.05) is 42.6 Å². The minimum Gasteiger partial charge on any atom is -0.457 e. The van der Waals surface area contributed by atoms with Crippen LogP contribution in [0.1, 0.15) is 11.1 Å². The van der Waals surface area contributed by atoms with Gasteiger partial charge >= 0.3 is 0 Å². The van der Waals surface area contributed by atoms with Gasteiger partial charge in [-0.3, -0.25) is 4.98 Å². The molecule has 0 saturated carbocycles. The van der Waals surface area contributed by atoms with Crippen LogP contribution in [0.25, 0.3) is 10.9 Å². The topological polar surface area (TPSA) is 49.9 Å². The van der Waals surface area contributed by atoms with E-state index in [1.54, 1.807) is 18.5 Å². The molecule has 0 aliphatic heterocycles. The standard InChI is InChI=1S/C22H20FN3O/c23-21-6-2-5-20-17(15-26-22(20)21)7-10-25-14-16-3-1-4-19(13-16)27-18-8-11-24-12-9-18/h1-6,8-9,11-13,15,25-26H,7,10,14H2. The molecule has 136 valence electrons. The summed E-state index contributed by atoms with van der Waals surface area (Å²) in [4.78, 5) is 7.01. The zero-order valence-corrected chi connectivity index (χ0v) is 14.8. The summed E-state index contributed by atoms with van der Waals surface area (Å²) < 4.78 is 19.6. The predicted octanol–water partition coefficient (Wildman–Crippen LogP) is 4.83. The van der Waals surface area contributed by atoms with Crippen molar-refractivity contribution < 1.29 is 9.13 Å². The zero-order chi connectivity index (χ0) is 18.5. The number of H-pyrrole nitrogens is 1. The van der Waals surface area contributed by atoms with Crippen molar-refractivity contribution in [1.29, 1.82) is 0 Å². The monoisotopic (exact) mass is 361 g/mol. The van der Waals surface area contributed by atoms with Crippen LogP contribution in [0.15, 0.2) is 73.2 Å². The quantitative estimate of drug-likeness (QED) is 0.464. The molecule has 0 aliphatic carbocycles. The van der Waals surface area contributed by atoms with E-state index in [0.717, 1.165) is 47.5 Å². The molecule has 2 aromatic heterocycles. The Morgan fingerprint density at radius 3 is 2.74 bits per heavy atom. The van der Waals surface area contributed by atoms with Crippen molar-refractivity contribution in [3.63, 3.8) is 0 Å². The van der Waals surface area contributed by atoms with Gasteiger partial charge < -0.3 is 15.0 Å². The van der Waals surface area contributed by atoms with Gasteiger partial charge in [-0.1, -0.05) is 24.3 Å². The second-order valence-corrected chi connectivity index (χ2v) is 6.34. The maximum atomic E-state index is 13.7. The first-order valence-electron chi connectivity index (χ1n) is 8.91. The number of aromatic nitrogens is 2. The third-order valence-electron chi connectivity index (χ3n) is 4.43. The number of nitrogens with zero attached hydrogens (tertiary/aromatic N) is 1. The van der Waals surface area contributed by atoms with Crippen LogP contribution in [0.3, 0.4) is 0 Å². The predicted molar refractivity (Wildman–Crippen MR) is 104 cm³/mol. The summed E-state index contributed by atoms with van der Waals surface area (Å²) in [6, 6.07) is 16.8. The molecule has 2 aromatic carbocycles. The van der Waals surface area contributed by atoms with E-state index in [9.17, 15) is 4.39 Å². The Morgan fingerprint density at radius 1 is 1.00 bits per heavy atom. The molecule has 2 N–H and O–H groups in total.